The Kier molecular flexibility index (Phi) is 6.55. The van der Waals surface area contributed by atoms with Gasteiger partial charge in [0.15, 0.2) is 0 Å². The molecule has 0 saturated carbocycles. The minimum atomic E-state index is -4.74. The van der Waals surface area contributed by atoms with Crippen molar-refractivity contribution >= 4 is 28.3 Å². The number of aromatic nitrogens is 2. The first-order valence-electron chi connectivity index (χ1n) is 14.0. The maximum atomic E-state index is 14.5. The topological polar surface area (TPSA) is 53.5 Å². The number of fused-ring (bicyclic) bond motifs is 4. The van der Waals surface area contributed by atoms with E-state index in [0.717, 1.165) is 50.4 Å². The summed E-state index contributed by atoms with van der Waals surface area (Å²) in [6.45, 7) is 2.70. The van der Waals surface area contributed by atoms with Crippen molar-refractivity contribution in [3.8, 4) is 17.1 Å². The Morgan fingerprint density at radius 1 is 1.10 bits per heavy atom. The van der Waals surface area contributed by atoms with E-state index in [1.807, 2.05) is 0 Å². The lowest BCUT2D eigenvalue weighted by Gasteiger charge is -2.37. The number of rotatable bonds is 5. The van der Waals surface area contributed by atoms with Gasteiger partial charge in [0, 0.05) is 49.1 Å². The van der Waals surface area contributed by atoms with Gasteiger partial charge in [0.1, 0.15) is 24.4 Å². The SMILES string of the molecule is Fc1ccc(-c2c(C(F)(F)F)cc3c(N4C5CCC4CNC5)nc(OC[C@@]45CCCN4C[C@H](F)C5)nc3c2Cl)cc1. The van der Waals surface area contributed by atoms with E-state index in [0.29, 0.717) is 31.9 Å². The van der Waals surface area contributed by atoms with Crippen LogP contribution < -0.4 is 15.0 Å². The molecule has 1 aromatic heterocycles. The zero-order chi connectivity index (χ0) is 28.5. The highest BCUT2D eigenvalue weighted by Crippen LogP contribution is 2.47. The Balaban J connectivity index is 1.40. The molecular formula is C29H29ClF5N5O. The minimum Gasteiger partial charge on any atom is -0.461 e. The summed E-state index contributed by atoms with van der Waals surface area (Å²) < 4.78 is 77.8. The summed E-state index contributed by atoms with van der Waals surface area (Å²) in [4.78, 5) is 13.5. The second kappa shape index (κ2) is 9.91. The van der Waals surface area contributed by atoms with Gasteiger partial charge in [-0.3, -0.25) is 4.90 Å². The Morgan fingerprint density at radius 3 is 2.54 bits per heavy atom. The van der Waals surface area contributed by atoms with E-state index in [1.54, 1.807) is 0 Å². The van der Waals surface area contributed by atoms with Crippen molar-refractivity contribution in [1.29, 1.82) is 0 Å². The van der Waals surface area contributed by atoms with Gasteiger partial charge in [-0.2, -0.15) is 23.1 Å². The van der Waals surface area contributed by atoms with Gasteiger partial charge in [-0.1, -0.05) is 23.7 Å². The molecule has 2 aromatic carbocycles. The third kappa shape index (κ3) is 4.60. The largest absolute Gasteiger partial charge is 0.461 e. The molecule has 0 radical (unpaired) electrons. The maximum absolute atomic E-state index is 14.5. The molecule has 0 aliphatic carbocycles. The predicted octanol–water partition coefficient (Wildman–Crippen LogP) is 6.00. The van der Waals surface area contributed by atoms with Crippen molar-refractivity contribution in [3.63, 3.8) is 0 Å². The fourth-order valence-corrected chi connectivity index (χ4v) is 7.70. The van der Waals surface area contributed by atoms with Crippen molar-refractivity contribution in [2.45, 2.75) is 62.1 Å². The third-order valence-corrected chi connectivity index (χ3v) is 9.55. The third-order valence-electron chi connectivity index (χ3n) is 9.18. The van der Waals surface area contributed by atoms with Crippen LogP contribution in [0, 0.1) is 5.82 Å². The van der Waals surface area contributed by atoms with E-state index >= 15 is 0 Å². The summed E-state index contributed by atoms with van der Waals surface area (Å²) in [6.07, 6.45) is -1.83. The lowest BCUT2D eigenvalue weighted by molar-refractivity contribution is -0.137. The summed E-state index contributed by atoms with van der Waals surface area (Å²) in [5.74, 6) is -0.218. The summed E-state index contributed by atoms with van der Waals surface area (Å²) >= 11 is 6.80. The van der Waals surface area contributed by atoms with Crippen molar-refractivity contribution in [2.75, 3.05) is 37.7 Å². The van der Waals surface area contributed by atoms with Crippen LogP contribution in [0.5, 0.6) is 6.01 Å². The van der Waals surface area contributed by atoms with Crippen LogP contribution in [0.15, 0.2) is 30.3 Å². The van der Waals surface area contributed by atoms with Gasteiger partial charge < -0.3 is 15.0 Å². The Morgan fingerprint density at radius 2 is 1.83 bits per heavy atom. The summed E-state index contributed by atoms with van der Waals surface area (Å²) in [7, 11) is 0. The zero-order valence-corrected chi connectivity index (χ0v) is 22.9. The monoisotopic (exact) mass is 593 g/mol. The number of alkyl halides is 4. The van der Waals surface area contributed by atoms with Crippen LogP contribution in [-0.4, -0.2) is 71.4 Å². The highest BCUT2D eigenvalue weighted by atomic mass is 35.5. The molecule has 5 heterocycles. The first-order chi connectivity index (χ1) is 19.6. The Hall–Kier alpha value is -2.76. The summed E-state index contributed by atoms with van der Waals surface area (Å²) in [5, 5.41) is 3.37. The number of hydrogen-bond acceptors (Lipinski definition) is 6. The van der Waals surface area contributed by atoms with E-state index in [-0.39, 0.29) is 51.8 Å². The molecule has 41 heavy (non-hydrogen) atoms. The molecule has 0 amide bonds. The number of anilines is 1. The fourth-order valence-electron chi connectivity index (χ4n) is 7.35. The van der Waals surface area contributed by atoms with Gasteiger partial charge in [-0.05, 0) is 56.0 Å². The van der Waals surface area contributed by atoms with Crippen LogP contribution >= 0.6 is 11.6 Å². The van der Waals surface area contributed by atoms with E-state index in [4.69, 9.17) is 21.3 Å². The highest BCUT2D eigenvalue weighted by Gasteiger charge is 2.49. The maximum Gasteiger partial charge on any atom is 0.417 e. The molecule has 3 aromatic rings. The predicted molar refractivity (Wildman–Crippen MR) is 146 cm³/mol. The molecule has 1 N–H and O–H groups in total. The second-order valence-corrected chi connectivity index (χ2v) is 12.0. The van der Waals surface area contributed by atoms with E-state index in [9.17, 15) is 22.0 Å². The number of ether oxygens (including phenoxy) is 1. The second-order valence-electron chi connectivity index (χ2n) is 11.7. The van der Waals surface area contributed by atoms with Crippen molar-refractivity contribution in [2.24, 2.45) is 0 Å². The lowest BCUT2D eigenvalue weighted by atomic mass is 9.95. The first kappa shape index (κ1) is 27.1. The zero-order valence-electron chi connectivity index (χ0n) is 22.2. The number of benzene rings is 2. The average molecular weight is 594 g/mol. The number of halogens is 6. The van der Waals surface area contributed by atoms with Crippen LogP contribution in [0.1, 0.15) is 37.7 Å². The number of piperazine rings is 1. The standard InChI is InChI=1S/C29H29ClF5N5O/c30-24-23(16-2-4-17(31)5-3-16)22(29(33,34)35)10-21-25(24)37-27(38-26(21)40-19-6-7-20(40)13-36-12-19)41-15-28-8-1-9-39(28)14-18(32)11-28/h2-5,10,18-20,36H,1,6-9,11-15H2/t18-,19?,20?,28+/m1/s1. The molecule has 12 heteroatoms. The Bertz CT molecular complexity index is 1470. The molecule has 2 bridgehead atoms. The molecule has 4 aliphatic rings. The van der Waals surface area contributed by atoms with Crippen molar-refractivity contribution in [1.82, 2.24) is 20.2 Å². The van der Waals surface area contributed by atoms with Gasteiger partial charge in [0.25, 0.3) is 0 Å². The minimum absolute atomic E-state index is 0.000630. The molecule has 4 fully saturated rings. The number of nitrogens with zero attached hydrogens (tertiary/aromatic N) is 4. The Labute approximate surface area is 238 Å². The highest BCUT2D eigenvalue weighted by molar-refractivity contribution is 6.38. The smallest absolute Gasteiger partial charge is 0.417 e. The number of nitrogens with one attached hydrogen (secondary N) is 1. The van der Waals surface area contributed by atoms with Crippen molar-refractivity contribution < 1.29 is 26.7 Å². The average Bonchev–Trinajstić information content (AvgIpc) is 3.53. The summed E-state index contributed by atoms with van der Waals surface area (Å²) in [5.41, 5.74) is -1.41. The molecule has 0 spiro atoms. The molecule has 6 nitrogen and oxygen atoms in total. The van der Waals surface area contributed by atoms with Crippen molar-refractivity contribution in [3.05, 3.63) is 46.7 Å². The normalized spacial score (nSPS) is 28.0. The molecule has 4 aliphatic heterocycles. The molecule has 4 saturated heterocycles. The van der Waals surface area contributed by atoms with E-state index in [2.05, 4.69) is 20.1 Å². The number of hydrogen-bond donors (Lipinski definition) is 1. The molecule has 2 unspecified atom stereocenters. The molecule has 7 rings (SSSR count). The van der Waals surface area contributed by atoms with E-state index in [1.165, 1.54) is 12.1 Å². The van der Waals surface area contributed by atoms with Crippen LogP contribution in [-0.2, 0) is 6.18 Å². The van der Waals surface area contributed by atoms with Crippen LogP contribution in [0.4, 0.5) is 27.8 Å². The van der Waals surface area contributed by atoms with Gasteiger partial charge in [0.2, 0.25) is 0 Å². The first-order valence-corrected chi connectivity index (χ1v) is 14.4. The van der Waals surface area contributed by atoms with Gasteiger partial charge >= 0.3 is 12.2 Å². The molecule has 4 atom stereocenters. The van der Waals surface area contributed by atoms with Crippen LogP contribution in [0.3, 0.4) is 0 Å². The van der Waals surface area contributed by atoms with Crippen LogP contribution in [0.2, 0.25) is 5.02 Å². The van der Waals surface area contributed by atoms with Gasteiger partial charge in [-0.25, -0.2) is 8.78 Å². The molecular weight excluding hydrogens is 565 g/mol. The summed E-state index contributed by atoms with van der Waals surface area (Å²) in [6, 6.07) is 5.90. The quantitative estimate of drug-likeness (QED) is 0.366. The van der Waals surface area contributed by atoms with E-state index < -0.39 is 29.3 Å². The van der Waals surface area contributed by atoms with Gasteiger partial charge in [0.05, 0.1) is 21.6 Å². The van der Waals surface area contributed by atoms with Gasteiger partial charge in [-0.15, -0.1) is 0 Å². The fraction of sp³-hybridized carbons (Fsp3) is 0.517. The van der Waals surface area contributed by atoms with Crippen LogP contribution in [0.25, 0.3) is 22.0 Å². The lowest BCUT2D eigenvalue weighted by Crippen LogP contribution is -2.52. The molecule has 218 valence electrons.